The van der Waals surface area contributed by atoms with Crippen LogP contribution in [-0.4, -0.2) is 94.1 Å². The number of ether oxygens (including phenoxy) is 2. The molecule has 2 heterocycles. The van der Waals surface area contributed by atoms with E-state index in [1.165, 1.54) is 12.8 Å². The second-order valence-electron chi connectivity index (χ2n) is 16.8. The largest absolute Gasteiger partial charge is 0.507 e. The molecule has 2 saturated carbocycles. The first-order chi connectivity index (χ1) is 32.9. The molecule has 0 saturated heterocycles. The van der Waals surface area contributed by atoms with Crippen molar-refractivity contribution in [2.75, 3.05) is 26.4 Å². The third kappa shape index (κ3) is 17.3. The van der Waals surface area contributed by atoms with Crippen LogP contribution >= 0.6 is 23.2 Å². The van der Waals surface area contributed by atoms with E-state index in [4.69, 9.17) is 42.4 Å². The molecule has 2 fully saturated rings. The summed E-state index contributed by atoms with van der Waals surface area (Å²) in [5, 5.41) is 54.8. The van der Waals surface area contributed by atoms with Crippen molar-refractivity contribution in [2.24, 2.45) is 10.3 Å². The van der Waals surface area contributed by atoms with Crippen LogP contribution < -0.4 is 10.6 Å². The molecule has 0 unspecified atom stereocenters. The molecule has 16 nitrogen and oxygen atoms in total. The normalized spacial score (nSPS) is 21.1. The first kappa shape index (κ1) is 53.0. The van der Waals surface area contributed by atoms with Crippen molar-refractivity contribution in [2.45, 2.75) is 128 Å². The summed E-state index contributed by atoms with van der Waals surface area (Å²) >= 11 is 12.6. The minimum Gasteiger partial charge on any atom is -0.507 e. The van der Waals surface area contributed by atoms with E-state index in [1.807, 2.05) is 36.5 Å². The number of benzene rings is 2. The van der Waals surface area contributed by atoms with Crippen LogP contribution in [0.3, 0.4) is 0 Å². The van der Waals surface area contributed by atoms with Gasteiger partial charge in [-0.1, -0.05) is 108 Å². The smallest absolute Gasteiger partial charge is 0.342 e. The number of carbonyl (C=O) groups is 4. The Morgan fingerprint density at radius 1 is 0.559 bits per heavy atom. The molecule has 68 heavy (non-hydrogen) atoms. The number of fused-ring (bicyclic) bond motifs is 2. The summed E-state index contributed by atoms with van der Waals surface area (Å²) in [6, 6.07) is 2.35. The average molecular weight is 982 g/mol. The van der Waals surface area contributed by atoms with E-state index in [-0.39, 0.29) is 107 Å². The molecule has 6 rings (SSSR count). The van der Waals surface area contributed by atoms with Gasteiger partial charge in [-0.15, -0.1) is 0 Å². The third-order valence-electron chi connectivity index (χ3n) is 11.5. The molecule has 0 bridgehead atoms. The lowest BCUT2D eigenvalue weighted by Gasteiger charge is -2.22. The maximum Gasteiger partial charge on any atom is 0.342 e. The number of halogens is 2. The van der Waals surface area contributed by atoms with Crippen LogP contribution in [0.1, 0.15) is 135 Å². The van der Waals surface area contributed by atoms with E-state index < -0.39 is 23.4 Å². The number of hydrogen-bond acceptors (Lipinski definition) is 14. The maximum absolute atomic E-state index is 12.7. The zero-order valence-electron chi connectivity index (χ0n) is 38.2. The number of esters is 2. The minimum absolute atomic E-state index is 0.0260. The van der Waals surface area contributed by atoms with Gasteiger partial charge < -0.3 is 50.2 Å². The zero-order valence-corrected chi connectivity index (χ0v) is 39.7. The van der Waals surface area contributed by atoms with Gasteiger partial charge in [0.15, 0.2) is 13.2 Å². The summed E-state index contributed by atoms with van der Waals surface area (Å²) in [5.74, 6) is -3.63. The monoisotopic (exact) mass is 980 g/mol. The summed E-state index contributed by atoms with van der Waals surface area (Å²) in [4.78, 5) is 60.4. The number of phenols is 4. The van der Waals surface area contributed by atoms with Crippen molar-refractivity contribution in [1.82, 2.24) is 10.6 Å². The fraction of sp³-hybridized carbons (Fsp3) is 0.480. The van der Waals surface area contributed by atoms with Crippen LogP contribution in [-0.2, 0) is 41.6 Å². The number of nitrogens with zero attached hydrogens (tertiary/aromatic N) is 2. The number of amides is 2. The lowest BCUT2D eigenvalue weighted by atomic mass is 9.95. The highest BCUT2D eigenvalue weighted by Crippen LogP contribution is 2.38. The molecule has 2 aliphatic heterocycles. The van der Waals surface area contributed by atoms with Crippen molar-refractivity contribution in [1.29, 1.82) is 0 Å². The average Bonchev–Trinajstić information content (AvgIpc) is 3.31. The number of oxime groups is 2. The second kappa shape index (κ2) is 28.4. The number of hydrogen-bond donors (Lipinski definition) is 6. The molecule has 4 aliphatic rings. The highest BCUT2D eigenvalue weighted by molar-refractivity contribution is 6.34. The van der Waals surface area contributed by atoms with Gasteiger partial charge in [0.1, 0.15) is 34.1 Å². The molecule has 0 radical (unpaired) electrons. The van der Waals surface area contributed by atoms with Crippen LogP contribution in [0.25, 0.3) is 0 Å². The molecule has 2 aromatic carbocycles. The van der Waals surface area contributed by atoms with Crippen molar-refractivity contribution in [3.63, 3.8) is 0 Å². The van der Waals surface area contributed by atoms with Crippen molar-refractivity contribution < 1.29 is 58.8 Å². The summed E-state index contributed by atoms with van der Waals surface area (Å²) in [7, 11) is 0. The molecule has 0 atom stereocenters. The Morgan fingerprint density at radius 3 is 1.32 bits per heavy atom. The lowest BCUT2D eigenvalue weighted by Crippen LogP contribution is -2.38. The Hall–Kier alpha value is -6.00. The Kier molecular flexibility index (Phi) is 22.1. The van der Waals surface area contributed by atoms with Gasteiger partial charge in [-0.25, -0.2) is 9.59 Å². The molecular weight excluding hydrogens is 919 g/mol. The molecule has 2 amide bonds. The predicted octanol–water partition coefficient (Wildman–Crippen LogP) is 9.14. The van der Waals surface area contributed by atoms with Crippen molar-refractivity contribution in [3.05, 3.63) is 93.0 Å². The maximum atomic E-state index is 12.7. The summed E-state index contributed by atoms with van der Waals surface area (Å²) in [5.41, 5.74) is 0.783. The zero-order chi connectivity index (χ0) is 48.7. The van der Waals surface area contributed by atoms with E-state index in [9.17, 15) is 39.6 Å². The fourth-order valence-electron chi connectivity index (χ4n) is 8.02. The van der Waals surface area contributed by atoms with Crippen LogP contribution in [0.4, 0.5) is 0 Å². The fourth-order valence-corrected chi connectivity index (χ4v) is 8.45. The van der Waals surface area contributed by atoms with Gasteiger partial charge in [-0.2, -0.15) is 0 Å². The van der Waals surface area contributed by atoms with Gasteiger partial charge >= 0.3 is 11.9 Å². The van der Waals surface area contributed by atoms with Crippen LogP contribution in [0, 0.1) is 0 Å². The number of nitrogens with one attached hydrogen (secondary N) is 2. The summed E-state index contributed by atoms with van der Waals surface area (Å²) in [6.07, 6.45) is 29.8. The number of allylic oxidation sites excluding steroid dienone is 6. The standard InChI is InChI=1S/2C25H31ClN2O6/c2*26-24-19-14-18(28-34-16-22(31)27-17-10-7-5-8-11-17)12-6-3-1-2-4-9-13-33-25(32)23(19)20(29)15-21(24)30/h2*2,4,6,12,15,17,29-30H,1,3,5,7-11,13-14,16H2,(H,27,31)/b4-2+,12-6+,28-18+;4-2+,12-6+,28-18-. The van der Waals surface area contributed by atoms with Gasteiger partial charge in [-0.05, 0) is 87.5 Å². The SMILES string of the molecule is O=C(CO/N=C1/C=C/CC/C=C/CCOC(=O)c2c(O)cc(O)c(Cl)c2C1)NC1CCCCC1.O=C(CO/N=C1\C=C\CC/C=C/CCOC(=O)c2c(O)cc(O)c(Cl)c2C1)NC1CCCCC1. The molecule has 0 spiro atoms. The Labute approximate surface area is 406 Å². The van der Waals surface area contributed by atoms with E-state index in [2.05, 4.69) is 20.9 Å². The summed E-state index contributed by atoms with van der Waals surface area (Å²) in [6.45, 7) is -0.208. The first-order valence-electron chi connectivity index (χ1n) is 23.3. The van der Waals surface area contributed by atoms with Gasteiger partial charge in [0, 0.05) is 37.1 Å². The van der Waals surface area contributed by atoms with Gasteiger partial charge in [0.25, 0.3) is 11.8 Å². The number of aromatic hydroxyl groups is 4. The summed E-state index contributed by atoms with van der Waals surface area (Å²) < 4.78 is 10.6. The van der Waals surface area contributed by atoms with Crippen LogP contribution in [0.15, 0.2) is 71.1 Å². The Morgan fingerprint density at radius 2 is 0.926 bits per heavy atom. The minimum atomic E-state index is -0.754. The van der Waals surface area contributed by atoms with Crippen LogP contribution in [0.5, 0.6) is 23.0 Å². The van der Waals surface area contributed by atoms with Crippen LogP contribution in [0.2, 0.25) is 10.0 Å². The number of phenolic OH excluding ortho intramolecular Hbond substituents is 4. The number of cyclic esters (lactones) is 2. The second-order valence-corrected chi connectivity index (χ2v) is 17.5. The molecule has 18 heteroatoms. The van der Waals surface area contributed by atoms with E-state index >= 15 is 0 Å². The number of rotatable bonds is 8. The first-order valence-corrected chi connectivity index (χ1v) is 24.1. The van der Waals surface area contributed by atoms with Crippen molar-refractivity contribution in [3.8, 4) is 23.0 Å². The van der Waals surface area contributed by atoms with Gasteiger partial charge in [-0.3, -0.25) is 9.59 Å². The van der Waals surface area contributed by atoms with E-state index in [0.717, 1.165) is 89.2 Å². The van der Waals surface area contributed by atoms with Crippen molar-refractivity contribution >= 4 is 58.4 Å². The highest BCUT2D eigenvalue weighted by Gasteiger charge is 2.26. The topological polar surface area (TPSA) is 235 Å². The molecule has 2 aromatic rings. The molecule has 0 aromatic heterocycles. The highest BCUT2D eigenvalue weighted by atomic mass is 35.5. The molecule has 2 aliphatic carbocycles. The van der Waals surface area contributed by atoms with Gasteiger partial charge in [0.05, 0.1) is 34.7 Å². The molecular formula is C50H62Cl2N4O12. The predicted molar refractivity (Wildman–Crippen MR) is 259 cm³/mol. The van der Waals surface area contributed by atoms with E-state index in [0.29, 0.717) is 24.3 Å². The lowest BCUT2D eigenvalue weighted by molar-refractivity contribution is -0.127. The Balaban J connectivity index is 0.000000254. The quantitative estimate of drug-likeness (QED) is 0.0826. The third-order valence-corrected chi connectivity index (χ3v) is 12.3. The molecule has 6 N–H and O–H groups in total. The van der Waals surface area contributed by atoms with Gasteiger partial charge in [0.2, 0.25) is 0 Å². The molecule has 368 valence electrons. The van der Waals surface area contributed by atoms with E-state index in [1.54, 1.807) is 12.2 Å². The Bertz CT molecular complexity index is 2090. The number of carbonyl (C=O) groups excluding carboxylic acids is 4.